The molecule has 0 heterocycles. The molecule has 0 aliphatic heterocycles. The van der Waals surface area contributed by atoms with Crippen molar-refractivity contribution in [2.45, 2.75) is 26.7 Å². The molecule has 0 amide bonds. The first kappa shape index (κ1) is 9.94. The normalized spacial score (nSPS) is 9.73. The maximum Gasteiger partial charge on any atom is 0.313 e. The van der Waals surface area contributed by atoms with Gasteiger partial charge in [-0.05, 0) is 12.3 Å². The summed E-state index contributed by atoms with van der Waals surface area (Å²) in [5, 5.41) is 6.65. The zero-order valence-corrected chi connectivity index (χ0v) is 6.89. The number of nitrogens with one attached hydrogen (secondary N) is 1. The number of esters is 1. The first-order chi connectivity index (χ1) is 5.02. The third-order valence-electron chi connectivity index (χ3n) is 1.15. The molecule has 0 aromatic rings. The van der Waals surface area contributed by atoms with Crippen LogP contribution in [0.3, 0.4) is 0 Å². The summed E-state index contributed by atoms with van der Waals surface area (Å²) in [7, 11) is 0. The van der Waals surface area contributed by atoms with Crippen LogP contribution in [0.5, 0.6) is 0 Å². The van der Waals surface area contributed by atoms with Crippen LogP contribution in [0.15, 0.2) is 0 Å². The highest BCUT2D eigenvalue weighted by Crippen LogP contribution is 2.03. The molecule has 4 nitrogen and oxygen atoms in total. The Hall–Kier alpha value is -1.06. The first-order valence-electron chi connectivity index (χ1n) is 3.57. The average Bonchev–Trinajstić information content (AvgIpc) is 1.82. The highest BCUT2D eigenvalue weighted by molar-refractivity contribution is 5.84. The van der Waals surface area contributed by atoms with Crippen LogP contribution in [0, 0.1) is 11.3 Å². The van der Waals surface area contributed by atoms with Crippen molar-refractivity contribution < 1.29 is 9.53 Å². The molecule has 0 aliphatic rings. The Morgan fingerprint density at radius 3 is 2.55 bits per heavy atom. The van der Waals surface area contributed by atoms with E-state index in [1.165, 1.54) is 0 Å². The van der Waals surface area contributed by atoms with Crippen LogP contribution in [-0.4, -0.2) is 12.0 Å². The lowest BCUT2D eigenvalue weighted by atomic mass is 10.1. The monoisotopic (exact) mass is 158 g/mol. The summed E-state index contributed by atoms with van der Waals surface area (Å²) in [6.07, 6.45) is 1.10. The molecule has 0 saturated carbocycles. The molecule has 3 N–H and O–H groups in total. The highest BCUT2D eigenvalue weighted by atomic mass is 16.5. The molecule has 4 heteroatoms. The van der Waals surface area contributed by atoms with Crippen LogP contribution in [0.4, 0.5) is 0 Å². The number of ether oxygens (including phenoxy) is 1. The summed E-state index contributed by atoms with van der Waals surface area (Å²) in [5.74, 6) is 0.0423. The molecule has 64 valence electrons. The number of amidine groups is 1. The van der Waals surface area contributed by atoms with E-state index < -0.39 is 12.0 Å². The van der Waals surface area contributed by atoms with E-state index in [-0.39, 0.29) is 0 Å². The second-order valence-corrected chi connectivity index (χ2v) is 2.77. The second kappa shape index (κ2) is 4.71. The molecule has 0 aliphatic carbocycles. The summed E-state index contributed by atoms with van der Waals surface area (Å²) in [4.78, 5) is 10.7. The molecule has 0 spiro atoms. The van der Waals surface area contributed by atoms with Gasteiger partial charge in [0.15, 0.2) is 0 Å². The standard InChI is InChI=1S/C7H14N2O2/c1-5(2)3-4-6(10)11-7(8)9/h5H,3-4H2,1-2H3,(H3,8,9). The Bertz CT molecular complexity index is 155. The third kappa shape index (κ3) is 6.83. The van der Waals surface area contributed by atoms with Crippen LogP contribution in [-0.2, 0) is 9.53 Å². The lowest BCUT2D eigenvalue weighted by Gasteiger charge is -2.02. The summed E-state index contributed by atoms with van der Waals surface area (Å²) >= 11 is 0. The number of carbonyl (C=O) groups excluding carboxylic acids is 1. The molecule has 0 unspecified atom stereocenters. The molecule has 0 rings (SSSR count). The number of nitrogens with two attached hydrogens (primary N) is 1. The van der Waals surface area contributed by atoms with E-state index in [0.29, 0.717) is 12.3 Å². The summed E-state index contributed by atoms with van der Waals surface area (Å²) in [5.41, 5.74) is 4.84. The van der Waals surface area contributed by atoms with Crippen molar-refractivity contribution in [3.8, 4) is 0 Å². The SMILES string of the molecule is CC(C)CCC(=O)OC(=N)N. The van der Waals surface area contributed by atoms with Gasteiger partial charge in [0.25, 0.3) is 6.02 Å². The molecular weight excluding hydrogens is 144 g/mol. The van der Waals surface area contributed by atoms with Gasteiger partial charge in [-0.2, -0.15) is 0 Å². The van der Waals surface area contributed by atoms with Crippen molar-refractivity contribution in [3.05, 3.63) is 0 Å². The molecule has 0 saturated heterocycles. The van der Waals surface area contributed by atoms with Crippen molar-refractivity contribution in [1.29, 1.82) is 5.41 Å². The third-order valence-corrected chi connectivity index (χ3v) is 1.15. The van der Waals surface area contributed by atoms with Crippen molar-refractivity contribution in [1.82, 2.24) is 0 Å². The highest BCUT2D eigenvalue weighted by Gasteiger charge is 2.05. The maximum atomic E-state index is 10.7. The van der Waals surface area contributed by atoms with E-state index in [2.05, 4.69) is 4.74 Å². The largest absolute Gasteiger partial charge is 0.393 e. The fourth-order valence-electron chi connectivity index (χ4n) is 0.580. The molecule has 0 fully saturated rings. The van der Waals surface area contributed by atoms with Crippen LogP contribution in [0.1, 0.15) is 26.7 Å². The smallest absolute Gasteiger partial charge is 0.313 e. The van der Waals surface area contributed by atoms with Gasteiger partial charge in [0.2, 0.25) is 0 Å². The van der Waals surface area contributed by atoms with Gasteiger partial charge in [-0.3, -0.25) is 10.2 Å². The first-order valence-corrected chi connectivity index (χ1v) is 3.57. The molecule has 0 aromatic carbocycles. The molecule has 0 radical (unpaired) electrons. The Kier molecular flexibility index (Phi) is 4.26. The van der Waals surface area contributed by atoms with Crippen LogP contribution in [0.25, 0.3) is 0 Å². The topological polar surface area (TPSA) is 76.2 Å². The van der Waals surface area contributed by atoms with Gasteiger partial charge >= 0.3 is 5.97 Å². The van der Waals surface area contributed by atoms with Crippen molar-refractivity contribution in [2.75, 3.05) is 0 Å². The van der Waals surface area contributed by atoms with Crippen molar-refractivity contribution >= 4 is 12.0 Å². The average molecular weight is 158 g/mol. The predicted molar refractivity (Wildman–Crippen MR) is 42.1 cm³/mol. The van der Waals surface area contributed by atoms with Crippen molar-refractivity contribution in [3.63, 3.8) is 0 Å². The van der Waals surface area contributed by atoms with Gasteiger partial charge in [0, 0.05) is 6.42 Å². The Morgan fingerprint density at radius 2 is 2.18 bits per heavy atom. The van der Waals surface area contributed by atoms with E-state index in [1.807, 2.05) is 13.8 Å². The minimum atomic E-state index is -0.529. The fourth-order valence-corrected chi connectivity index (χ4v) is 0.580. The lowest BCUT2D eigenvalue weighted by Crippen LogP contribution is -2.19. The van der Waals surface area contributed by atoms with Gasteiger partial charge in [-0.25, -0.2) is 0 Å². The Balaban J connectivity index is 3.46. The summed E-state index contributed by atoms with van der Waals surface area (Å²) < 4.78 is 4.32. The van der Waals surface area contributed by atoms with E-state index in [0.717, 1.165) is 6.42 Å². The van der Waals surface area contributed by atoms with Gasteiger partial charge in [0.05, 0.1) is 0 Å². The van der Waals surface area contributed by atoms with Crippen LogP contribution < -0.4 is 5.73 Å². The molecular formula is C7H14N2O2. The Labute approximate surface area is 66.2 Å². The number of carbonyl (C=O) groups is 1. The van der Waals surface area contributed by atoms with Gasteiger partial charge < -0.3 is 10.5 Å². The molecule has 0 bridgehead atoms. The van der Waals surface area contributed by atoms with Crippen molar-refractivity contribution in [2.24, 2.45) is 11.7 Å². The quantitative estimate of drug-likeness (QED) is 0.363. The zero-order valence-electron chi connectivity index (χ0n) is 6.89. The predicted octanol–water partition coefficient (Wildman–Crippen LogP) is 0.859. The minimum Gasteiger partial charge on any atom is -0.393 e. The summed E-state index contributed by atoms with van der Waals surface area (Å²) in [6.45, 7) is 4.03. The van der Waals surface area contributed by atoms with Gasteiger partial charge in [0.1, 0.15) is 0 Å². The molecule has 0 aromatic heterocycles. The van der Waals surface area contributed by atoms with E-state index in [9.17, 15) is 4.79 Å². The number of hydrogen-bond donors (Lipinski definition) is 2. The summed E-state index contributed by atoms with van der Waals surface area (Å²) in [6, 6.07) is -0.529. The zero-order chi connectivity index (χ0) is 8.85. The molecule has 11 heavy (non-hydrogen) atoms. The number of hydrogen-bond acceptors (Lipinski definition) is 3. The fraction of sp³-hybridized carbons (Fsp3) is 0.714. The van der Waals surface area contributed by atoms with Gasteiger partial charge in [-0.1, -0.05) is 13.8 Å². The number of rotatable bonds is 3. The second-order valence-electron chi connectivity index (χ2n) is 2.77. The lowest BCUT2D eigenvalue weighted by molar-refractivity contribution is -0.136. The van der Waals surface area contributed by atoms with E-state index >= 15 is 0 Å². The van der Waals surface area contributed by atoms with Crippen LogP contribution in [0.2, 0.25) is 0 Å². The maximum absolute atomic E-state index is 10.7. The Morgan fingerprint density at radius 1 is 1.64 bits per heavy atom. The molecule has 0 atom stereocenters. The van der Waals surface area contributed by atoms with Gasteiger partial charge in [-0.15, -0.1) is 0 Å². The van der Waals surface area contributed by atoms with E-state index in [1.54, 1.807) is 0 Å². The van der Waals surface area contributed by atoms with E-state index in [4.69, 9.17) is 11.1 Å². The minimum absolute atomic E-state index is 0.331. The van der Waals surface area contributed by atoms with Crippen LogP contribution >= 0.6 is 0 Å².